The number of rotatable bonds is 4. The Labute approximate surface area is 171 Å². The first kappa shape index (κ1) is 19.9. The highest BCUT2D eigenvalue weighted by Crippen LogP contribution is 2.46. The van der Waals surface area contributed by atoms with Crippen LogP contribution in [0.3, 0.4) is 0 Å². The van der Waals surface area contributed by atoms with Crippen LogP contribution in [0.2, 0.25) is 0 Å². The minimum Gasteiger partial charge on any atom is -0.353 e. The maximum absolute atomic E-state index is 11.7. The lowest BCUT2D eigenvalue weighted by molar-refractivity contribution is 0.479. The van der Waals surface area contributed by atoms with E-state index in [9.17, 15) is 25.9 Å². The first-order valence-corrected chi connectivity index (χ1v) is 12.0. The monoisotopic (exact) mass is 450 g/mol. The number of nitrogens with one attached hydrogen (secondary N) is 1. The molecular weight excluding hydrogens is 436 g/mol. The highest BCUT2D eigenvalue weighted by atomic mass is 32.2. The minimum atomic E-state index is -4.65. The van der Waals surface area contributed by atoms with E-state index in [0.717, 1.165) is 40.1 Å². The van der Waals surface area contributed by atoms with Gasteiger partial charge in [0, 0.05) is 4.91 Å². The first-order chi connectivity index (χ1) is 13.6. The summed E-state index contributed by atoms with van der Waals surface area (Å²) in [7, 11) is -9.22. The van der Waals surface area contributed by atoms with E-state index in [1.807, 2.05) is 18.2 Å². The molecule has 0 atom stereocenters. The molecule has 11 heteroatoms. The molecule has 4 rings (SSSR count). The third-order valence-corrected chi connectivity index (χ3v) is 7.20. The fraction of sp³-hybridized carbons (Fsp3) is 0.0556. The number of hydrogen-bond acceptors (Lipinski definition) is 7. The third kappa shape index (κ3) is 4.00. The van der Waals surface area contributed by atoms with Crippen molar-refractivity contribution in [2.24, 2.45) is 4.99 Å². The van der Waals surface area contributed by atoms with Gasteiger partial charge in [-0.15, -0.1) is 0 Å². The van der Waals surface area contributed by atoms with Gasteiger partial charge in [-0.05, 0) is 42.8 Å². The van der Waals surface area contributed by atoms with Gasteiger partial charge in [-0.25, -0.2) is 4.99 Å². The van der Waals surface area contributed by atoms with Crippen molar-refractivity contribution in [3.05, 3.63) is 59.5 Å². The molecule has 1 heterocycles. The fourth-order valence-corrected chi connectivity index (χ4v) is 5.12. The molecule has 3 N–H and O–H groups in total. The molecule has 0 bridgehead atoms. The Morgan fingerprint density at radius 1 is 1.00 bits per heavy atom. The zero-order chi connectivity index (χ0) is 20.8. The molecule has 0 saturated carbocycles. The number of nitrogens with zero attached hydrogens (tertiary/aromatic N) is 1. The average molecular weight is 451 g/mol. The lowest BCUT2D eigenvalue weighted by Gasteiger charge is -2.22. The van der Waals surface area contributed by atoms with E-state index in [2.05, 4.69) is 10.3 Å². The van der Waals surface area contributed by atoms with Crippen LogP contribution < -0.4 is 5.32 Å². The number of allylic oxidation sites excluding steroid dienone is 4. The largest absolute Gasteiger partial charge is 0.353 e. The van der Waals surface area contributed by atoms with Crippen LogP contribution in [-0.2, 0) is 20.2 Å². The molecule has 8 nitrogen and oxygen atoms in total. The van der Waals surface area contributed by atoms with Crippen LogP contribution in [0.4, 0.5) is 17.1 Å². The predicted octanol–water partition coefficient (Wildman–Crippen LogP) is 3.95. The molecule has 0 radical (unpaired) electrons. The van der Waals surface area contributed by atoms with Crippen LogP contribution in [0.1, 0.15) is 6.42 Å². The second-order valence-electron chi connectivity index (χ2n) is 6.19. The molecular formula is C18H14N2O6S3. The van der Waals surface area contributed by atoms with Crippen LogP contribution in [0, 0.1) is 0 Å². The Kier molecular flexibility index (Phi) is 4.87. The Morgan fingerprint density at radius 2 is 1.79 bits per heavy atom. The molecule has 2 aromatic carbocycles. The molecule has 0 amide bonds. The van der Waals surface area contributed by atoms with Crippen molar-refractivity contribution in [2.45, 2.75) is 21.1 Å². The Morgan fingerprint density at radius 3 is 2.52 bits per heavy atom. The highest BCUT2D eigenvalue weighted by molar-refractivity contribution is 8.04. The number of thioether (sulfide) groups is 1. The van der Waals surface area contributed by atoms with Crippen molar-refractivity contribution in [1.82, 2.24) is 0 Å². The van der Waals surface area contributed by atoms with Crippen molar-refractivity contribution in [2.75, 3.05) is 5.32 Å². The molecule has 0 spiro atoms. The molecule has 0 unspecified atom stereocenters. The van der Waals surface area contributed by atoms with Gasteiger partial charge in [0.25, 0.3) is 20.2 Å². The fourth-order valence-electron chi connectivity index (χ4n) is 2.92. The van der Waals surface area contributed by atoms with Crippen LogP contribution >= 0.6 is 11.8 Å². The molecule has 2 aliphatic rings. The molecule has 0 aromatic heterocycles. The van der Waals surface area contributed by atoms with Gasteiger partial charge >= 0.3 is 0 Å². The molecule has 1 aliphatic carbocycles. The zero-order valence-corrected chi connectivity index (χ0v) is 17.1. The van der Waals surface area contributed by atoms with Gasteiger partial charge in [-0.2, -0.15) is 16.8 Å². The smallest absolute Gasteiger partial charge is 0.296 e. The van der Waals surface area contributed by atoms with Crippen molar-refractivity contribution in [1.29, 1.82) is 0 Å². The van der Waals surface area contributed by atoms with E-state index in [1.54, 1.807) is 18.2 Å². The topological polar surface area (TPSA) is 133 Å². The van der Waals surface area contributed by atoms with Gasteiger partial charge in [0.1, 0.15) is 4.90 Å². The maximum Gasteiger partial charge on any atom is 0.296 e. The minimum absolute atomic E-state index is 0.191. The third-order valence-electron chi connectivity index (χ3n) is 4.21. The molecule has 2 aromatic rings. The second kappa shape index (κ2) is 7.11. The summed E-state index contributed by atoms with van der Waals surface area (Å²) in [6.45, 7) is 0. The van der Waals surface area contributed by atoms with Gasteiger partial charge in [0.2, 0.25) is 0 Å². The van der Waals surface area contributed by atoms with E-state index in [0.29, 0.717) is 11.4 Å². The first-order valence-electron chi connectivity index (χ1n) is 8.25. The number of hydrogen-bond donors (Lipinski definition) is 3. The summed E-state index contributed by atoms with van der Waals surface area (Å²) in [5.41, 5.74) is 1.78. The van der Waals surface area contributed by atoms with Gasteiger partial charge in [-0.1, -0.05) is 30.0 Å². The summed E-state index contributed by atoms with van der Waals surface area (Å²) in [6.07, 6.45) is 6.72. The molecule has 29 heavy (non-hydrogen) atoms. The predicted molar refractivity (Wildman–Crippen MR) is 111 cm³/mol. The van der Waals surface area contributed by atoms with Crippen LogP contribution in [0.5, 0.6) is 0 Å². The van der Waals surface area contributed by atoms with E-state index in [1.165, 1.54) is 11.8 Å². The highest BCUT2D eigenvalue weighted by Gasteiger charge is 2.23. The average Bonchev–Trinajstić information content (AvgIpc) is 2.65. The van der Waals surface area contributed by atoms with Crippen molar-refractivity contribution < 1.29 is 25.9 Å². The quantitative estimate of drug-likeness (QED) is 0.597. The summed E-state index contributed by atoms with van der Waals surface area (Å²) >= 11 is 1.45. The number of benzene rings is 2. The van der Waals surface area contributed by atoms with Crippen molar-refractivity contribution in [3.8, 4) is 0 Å². The van der Waals surface area contributed by atoms with Crippen molar-refractivity contribution in [3.63, 3.8) is 0 Å². The number of anilines is 2. The van der Waals surface area contributed by atoms with Gasteiger partial charge in [0.05, 0.1) is 32.6 Å². The molecule has 0 saturated heterocycles. The normalized spacial score (nSPS) is 15.8. The van der Waals surface area contributed by atoms with Crippen molar-refractivity contribution >= 4 is 54.8 Å². The molecule has 150 valence electrons. The van der Waals surface area contributed by atoms with Gasteiger partial charge in [0.15, 0.2) is 0 Å². The summed E-state index contributed by atoms with van der Waals surface area (Å²) in [6, 6.07) is 7.95. The summed E-state index contributed by atoms with van der Waals surface area (Å²) in [5, 5.41) is 2.87. The zero-order valence-electron chi connectivity index (χ0n) is 14.6. The summed E-state index contributed by atoms with van der Waals surface area (Å²) in [5.74, 6) is 0. The van der Waals surface area contributed by atoms with E-state index in [-0.39, 0.29) is 5.69 Å². The Hall–Kier alpha value is -2.44. The number of fused-ring (bicyclic) bond motifs is 2. The molecule has 0 fully saturated rings. The summed E-state index contributed by atoms with van der Waals surface area (Å²) in [4.78, 5) is 5.24. The van der Waals surface area contributed by atoms with Crippen LogP contribution in [0.15, 0.2) is 79.2 Å². The van der Waals surface area contributed by atoms with Gasteiger partial charge in [-0.3, -0.25) is 9.11 Å². The summed E-state index contributed by atoms with van der Waals surface area (Å²) < 4.78 is 65.2. The SMILES string of the molecule is O=S(=O)(O)c1ccc(S(=O)(=O)O)c(Nc2cccc3c2SC2=CCC=CC2=N3)c1. The van der Waals surface area contributed by atoms with Crippen LogP contribution in [0.25, 0.3) is 0 Å². The van der Waals surface area contributed by atoms with E-state index in [4.69, 9.17) is 0 Å². The second-order valence-corrected chi connectivity index (χ2v) is 10.1. The van der Waals surface area contributed by atoms with Crippen LogP contribution in [-0.4, -0.2) is 31.7 Å². The Balaban J connectivity index is 1.84. The Bertz CT molecular complexity index is 1330. The number of aliphatic imine (C=N–C) groups is 1. The van der Waals surface area contributed by atoms with Gasteiger partial charge < -0.3 is 5.32 Å². The maximum atomic E-state index is 11.7. The van der Waals surface area contributed by atoms with E-state index >= 15 is 0 Å². The molecule has 1 aliphatic heterocycles. The van der Waals surface area contributed by atoms with E-state index < -0.39 is 30.0 Å². The lowest BCUT2D eigenvalue weighted by atomic mass is 10.1. The lowest BCUT2D eigenvalue weighted by Crippen LogP contribution is -2.08. The standard InChI is InChI=1S/C18H14N2O6S3/c21-28(22,23)11-8-9-17(29(24,25)26)15(10-11)20-14-6-3-5-13-18(14)27-16-7-2-1-4-12(16)19-13/h1,3-10,20H,2H2,(H,21,22,23)(H,24,25,26).